The van der Waals surface area contributed by atoms with Crippen LogP contribution in [0.2, 0.25) is 0 Å². The lowest BCUT2D eigenvalue weighted by Crippen LogP contribution is -2.04. The number of rotatable bonds is 15. The summed E-state index contributed by atoms with van der Waals surface area (Å²) in [6.07, 6.45) is 8.06. The Balaban J connectivity index is 1.34. The van der Waals surface area contributed by atoms with Crippen molar-refractivity contribution in [1.29, 1.82) is 0 Å². The van der Waals surface area contributed by atoms with Crippen LogP contribution in [-0.4, -0.2) is 39.9 Å². The minimum absolute atomic E-state index is 0.0646. The summed E-state index contributed by atoms with van der Waals surface area (Å²) < 4.78 is 13.9. The minimum atomic E-state index is -0.905. The van der Waals surface area contributed by atoms with E-state index in [2.05, 4.69) is 32.9 Å². The summed E-state index contributed by atoms with van der Waals surface area (Å²) in [6, 6.07) is 18.0. The fourth-order valence-electron chi connectivity index (χ4n) is 5.07. The predicted molar refractivity (Wildman–Crippen MR) is 166 cm³/mol. The topological polar surface area (TPSA) is 98.0 Å². The fourth-order valence-corrected chi connectivity index (χ4v) is 5.07. The zero-order chi connectivity index (χ0) is 30.1. The van der Waals surface area contributed by atoms with Crippen LogP contribution in [0.15, 0.2) is 60.8 Å². The third-order valence-corrected chi connectivity index (χ3v) is 7.41. The lowest BCUT2D eigenvalue weighted by atomic mass is 10.0. The Labute approximate surface area is 247 Å². The zero-order valence-electron chi connectivity index (χ0n) is 24.6. The van der Waals surface area contributed by atoms with Crippen LogP contribution < -0.4 is 9.47 Å². The molecule has 0 unspecified atom stereocenters. The predicted octanol–water partition coefficient (Wildman–Crippen LogP) is 7.47. The Morgan fingerprint density at radius 1 is 0.810 bits per heavy atom. The molecule has 0 bridgehead atoms. The second-order valence-electron chi connectivity index (χ2n) is 10.6. The van der Waals surface area contributed by atoms with Crippen LogP contribution in [0.4, 0.5) is 0 Å². The number of benzene rings is 3. The number of aryl methyl sites for hydroxylation is 3. The van der Waals surface area contributed by atoms with Gasteiger partial charge in [-0.15, -0.1) is 0 Å². The molecule has 0 aliphatic rings. The average molecular weight is 570 g/mol. The summed E-state index contributed by atoms with van der Waals surface area (Å²) in [5, 5.41) is 19.3. The molecule has 1 heterocycles. The number of carbonyl (C=O) groups is 2. The van der Waals surface area contributed by atoms with E-state index < -0.39 is 11.9 Å². The van der Waals surface area contributed by atoms with Crippen molar-refractivity contribution in [3.8, 4) is 11.5 Å². The van der Waals surface area contributed by atoms with Crippen LogP contribution in [0.1, 0.15) is 59.1 Å². The van der Waals surface area contributed by atoms with E-state index in [1.807, 2.05) is 65.4 Å². The van der Waals surface area contributed by atoms with E-state index >= 15 is 0 Å². The number of aliphatic carboxylic acids is 2. The van der Waals surface area contributed by atoms with Gasteiger partial charge in [-0.1, -0.05) is 48.6 Å². The van der Waals surface area contributed by atoms with Gasteiger partial charge in [-0.2, -0.15) is 0 Å². The molecular formula is C35H39NO6. The SMILES string of the molecule is Cc1ccc(C)c(OCCCCOc2ccc(C=Cc3cccc4c3c(CC(=O)O)cn4CCCC(=O)O)cc2)c1C. The first-order chi connectivity index (χ1) is 20.2. The van der Waals surface area contributed by atoms with Crippen LogP contribution in [0.5, 0.6) is 11.5 Å². The summed E-state index contributed by atoms with van der Waals surface area (Å²) >= 11 is 0. The number of nitrogens with zero attached hydrogens (tertiary/aromatic N) is 1. The molecule has 7 nitrogen and oxygen atoms in total. The van der Waals surface area contributed by atoms with Gasteiger partial charge in [0.05, 0.1) is 19.6 Å². The standard InChI is InChI=1S/C35H39NO6/c1-24-11-12-25(2)35(26(24)3)42-21-5-4-20-41-30-17-14-27(15-18-30)13-16-28-8-6-9-31-34(28)29(22-33(39)40)23-36(31)19-7-10-32(37)38/h6,8-9,11-18,23H,4-5,7,10,19-22H2,1-3H3,(H,37,38)(H,39,40). The zero-order valence-corrected chi connectivity index (χ0v) is 24.6. The number of ether oxygens (including phenoxy) is 2. The Morgan fingerprint density at radius 3 is 2.24 bits per heavy atom. The third-order valence-electron chi connectivity index (χ3n) is 7.41. The molecule has 0 amide bonds. The van der Waals surface area contributed by atoms with Gasteiger partial charge in [-0.05, 0) is 91.6 Å². The second kappa shape index (κ2) is 14.4. The van der Waals surface area contributed by atoms with Crippen LogP contribution in [0, 0.1) is 20.8 Å². The van der Waals surface area contributed by atoms with Gasteiger partial charge in [-0.3, -0.25) is 9.59 Å². The van der Waals surface area contributed by atoms with E-state index in [-0.39, 0.29) is 12.8 Å². The van der Waals surface area contributed by atoms with E-state index in [9.17, 15) is 14.7 Å². The molecule has 2 N–H and O–H groups in total. The van der Waals surface area contributed by atoms with Crippen molar-refractivity contribution < 1.29 is 29.3 Å². The van der Waals surface area contributed by atoms with Crippen molar-refractivity contribution in [2.24, 2.45) is 0 Å². The van der Waals surface area contributed by atoms with E-state index in [0.717, 1.165) is 51.9 Å². The van der Waals surface area contributed by atoms with Gasteiger partial charge < -0.3 is 24.3 Å². The van der Waals surface area contributed by atoms with E-state index in [0.29, 0.717) is 31.7 Å². The van der Waals surface area contributed by atoms with Gasteiger partial charge in [0.1, 0.15) is 11.5 Å². The van der Waals surface area contributed by atoms with Crippen LogP contribution >= 0.6 is 0 Å². The molecule has 4 aromatic rings. The molecule has 42 heavy (non-hydrogen) atoms. The maximum absolute atomic E-state index is 11.5. The number of carboxylic acids is 2. The number of fused-ring (bicyclic) bond motifs is 1. The molecule has 0 aliphatic carbocycles. The molecule has 0 aliphatic heterocycles. The molecule has 7 heteroatoms. The van der Waals surface area contributed by atoms with Crippen molar-refractivity contribution in [2.45, 2.75) is 59.4 Å². The molecular weight excluding hydrogens is 530 g/mol. The fraction of sp³-hybridized carbons (Fsp3) is 0.314. The average Bonchev–Trinajstić information content (AvgIpc) is 3.30. The van der Waals surface area contributed by atoms with Crippen LogP contribution in [0.3, 0.4) is 0 Å². The van der Waals surface area contributed by atoms with Crippen molar-refractivity contribution in [1.82, 2.24) is 4.57 Å². The Kier molecular flexibility index (Phi) is 10.4. The smallest absolute Gasteiger partial charge is 0.307 e. The van der Waals surface area contributed by atoms with Crippen molar-refractivity contribution in [3.05, 3.63) is 94.2 Å². The van der Waals surface area contributed by atoms with Gasteiger partial charge >= 0.3 is 11.9 Å². The van der Waals surface area contributed by atoms with E-state index in [1.54, 1.807) is 0 Å². The van der Waals surface area contributed by atoms with Gasteiger partial charge in [0.25, 0.3) is 0 Å². The highest BCUT2D eigenvalue weighted by Crippen LogP contribution is 2.29. The first-order valence-electron chi connectivity index (χ1n) is 14.4. The summed E-state index contributed by atoms with van der Waals surface area (Å²) in [6.45, 7) is 8.05. The van der Waals surface area contributed by atoms with E-state index in [1.165, 1.54) is 11.1 Å². The van der Waals surface area contributed by atoms with Crippen molar-refractivity contribution in [3.63, 3.8) is 0 Å². The molecule has 1 aromatic heterocycles. The summed E-state index contributed by atoms with van der Waals surface area (Å²) in [5.74, 6) is 0.0498. The maximum Gasteiger partial charge on any atom is 0.307 e. The number of hydrogen-bond donors (Lipinski definition) is 2. The lowest BCUT2D eigenvalue weighted by molar-refractivity contribution is -0.137. The van der Waals surface area contributed by atoms with E-state index in [4.69, 9.17) is 14.6 Å². The minimum Gasteiger partial charge on any atom is -0.494 e. The maximum atomic E-state index is 11.5. The summed E-state index contributed by atoms with van der Waals surface area (Å²) in [5.41, 5.74) is 7.12. The largest absolute Gasteiger partial charge is 0.494 e. The summed E-state index contributed by atoms with van der Waals surface area (Å²) in [7, 11) is 0. The highest BCUT2D eigenvalue weighted by atomic mass is 16.5. The van der Waals surface area contributed by atoms with Gasteiger partial charge in [-0.25, -0.2) is 0 Å². The normalized spacial score (nSPS) is 11.3. The molecule has 0 radical (unpaired) electrons. The van der Waals surface area contributed by atoms with Crippen LogP contribution in [0.25, 0.3) is 23.1 Å². The monoisotopic (exact) mass is 569 g/mol. The molecule has 0 atom stereocenters. The van der Waals surface area contributed by atoms with Crippen molar-refractivity contribution >= 4 is 35.0 Å². The lowest BCUT2D eigenvalue weighted by Gasteiger charge is -2.14. The molecule has 0 saturated carbocycles. The first kappa shape index (κ1) is 30.4. The molecule has 0 spiro atoms. The number of carboxylic acid groups (broad SMARTS) is 2. The Morgan fingerprint density at radius 2 is 1.52 bits per heavy atom. The van der Waals surface area contributed by atoms with Gasteiger partial charge in [0.15, 0.2) is 0 Å². The second-order valence-corrected chi connectivity index (χ2v) is 10.6. The number of aromatic nitrogens is 1. The Hall–Kier alpha value is -4.52. The molecule has 4 rings (SSSR count). The highest BCUT2D eigenvalue weighted by Gasteiger charge is 2.14. The molecule has 220 valence electrons. The summed E-state index contributed by atoms with van der Waals surface area (Å²) in [4.78, 5) is 22.5. The quantitative estimate of drug-likeness (QED) is 0.114. The Bertz CT molecular complexity index is 1560. The van der Waals surface area contributed by atoms with Crippen molar-refractivity contribution in [2.75, 3.05) is 13.2 Å². The number of unbranched alkanes of at least 4 members (excludes halogenated alkanes) is 1. The third kappa shape index (κ3) is 8.03. The van der Waals surface area contributed by atoms with Gasteiger partial charge in [0.2, 0.25) is 0 Å². The van der Waals surface area contributed by atoms with Gasteiger partial charge in [0, 0.05) is 30.1 Å². The molecule has 3 aromatic carbocycles. The van der Waals surface area contributed by atoms with Crippen LogP contribution in [-0.2, 0) is 22.6 Å². The number of hydrogen-bond acceptors (Lipinski definition) is 4. The molecule has 0 saturated heterocycles. The first-order valence-corrected chi connectivity index (χ1v) is 14.4. The highest BCUT2D eigenvalue weighted by molar-refractivity contribution is 5.96. The molecule has 0 fully saturated rings.